The van der Waals surface area contributed by atoms with Crippen molar-refractivity contribution in [3.05, 3.63) is 11.9 Å². The zero-order chi connectivity index (χ0) is 18.2. The third-order valence-electron chi connectivity index (χ3n) is 3.47. The van der Waals surface area contributed by atoms with Gasteiger partial charge in [-0.1, -0.05) is 19.1 Å². The first-order valence-corrected chi connectivity index (χ1v) is 10.0. The third-order valence-corrected chi connectivity index (χ3v) is 6.04. The Kier molecular flexibility index (Phi) is 8.32. The molecule has 0 radical (unpaired) electrons. The van der Waals surface area contributed by atoms with Crippen LogP contribution < -0.4 is 0 Å². The average Bonchev–Trinajstić information content (AvgIpc) is 2.87. The van der Waals surface area contributed by atoms with Gasteiger partial charge in [0.05, 0.1) is 49.2 Å². The maximum atomic E-state index is 11.9. The SMILES string of the molecule is CC(C)Cc1cn(CCOCCOCCS(=O)(=O)C(C)(C)C)nn1. The van der Waals surface area contributed by atoms with E-state index in [-0.39, 0.29) is 12.4 Å². The Hall–Kier alpha value is -0.990. The molecular weight excluding hydrogens is 330 g/mol. The molecule has 0 spiro atoms. The van der Waals surface area contributed by atoms with Crippen molar-refractivity contribution in [3.63, 3.8) is 0 Å². The molecule has 0 unspecified atom stereocenters. The highest BCUT2D eigenvalue weighted by atomic mass is 32.2. The number of rotatable bonds is 11. The normalized spacial score (nSPS) is 12.9. The summed E-state index contributed by atoms with van der Waals surface area (Å²) in [6.45, 7) is 11.6. The number of sulfone groups is 1. The van der Waals surface area contributed by atoms with Crippen LogP contribution in [-0.4, -0.2) is 60.3 Å². The highest BCUT2D eigenvalue weighted by molar-refractivity contribution is 7.92. The van der Waals surface area contributed by atoms with Crippen molar-refractivity contribution < 1.29 is 17.9 Å². The summed E-state index contributed by atoms with van der Waals surface area (Å²) in [6.07, 6.45) is 2.86. The van der Waals surface area contributed by atoms with Crippen LogP contribution >= 0.6 is 0 Å². The van der Waals surface area contributed by atoms with Crippen molar-refractivity contribution in [2.45, 2.75) is 52.3 Å². The van der Waals surface area contributed by atoms with Gasteiger partial charge in [0.25, 0.3) is 0 Å². The molecular formula is C16H31N3O4S. The van der Waals surface area contributed by atoms with Crippen LogP contribution in [0, 0.1) is 5.92 Å². The lowest BCUT2D eigenvalue weighted by molar-refractivity contribution is 0.0491. The fourth-order valence-corrected chi connectivity index (χ4v) is 2.86. The minimum atomic E-state index is -3.12. The van der Waals surface area contributed by atoms with Crippen LogP contribution in [0.4, 0.5) is 0 Å². The maximum absolute atomic E-state index is 11.9. The van der Waals surface area contributed by atoms with Gasteiger partial charge in [-0.15, -0.1) is 5.10 Å². The number of ether oxygens (including phenoxy) is 2. The van der Waals surface area contributed by atoms with Crippen molar-refractivity contribution in [3.8, 4) is 0 Å². The van der Waals surface area contributed by atoms with E-state index in [1.807, 2.05) is 6.20 Å². The summed E-state index contributed by atoms with van der Waals surface area (Å²) in [5.74, 6) is 0.597. The van der Waals surface area contributed by atoms with Crippen LogP contribution in [0.15, 0.2) is 6.20 Å². The lowest BCUT2D eigenvalue weighted by Gasteiger charge is -2.18. The molecule has 0 amide bonds. The van der Waals surface area contributed by atoms with Gasteiger partial charge in [0, 0.05) is 6.20 Å². The van der Waals surface area contributed by atoms with Crippen molar-refractivity contribution in [1.29, 1.82) is 0 Å². The Morgan fingerprint density at radius 1 is 1.12 bits per heavy atom. The minimum Gasteiger partial charge on any atom is -0.378 e. The van der Waals surface area contributed by atoms with Gasteiger partial charge in [-0.05, 0) is 33.1 Å². The topological polar surface area (TPSA) is 83.3 Å². The maximum Gasteiger partial charge on any atom is 0.157 e. The van der Waals surface area contributed by atoms with Crippen LogP contribution in [0.25, 0.3) is 0 Å². The van der Waals surface area contributed by atoms with Gasteiger partial charge in [-0.3, -0.25) is 0 Å². The molecule has 0 bridgehead atoms. The first-order valence-electron chi connectivity index (χ1n) is 8.38. The average molecular weight is 362 g/mol. The highest BCUT2D eigenvalue weighted by Gasteiger charge is 2.28. The predicted octanol–water partition coefficient (Wildman–Crippen LogP) is 1.72. The van der Waals surface area contributed by atoms with E-state index in [2.05, 4.69) is 24.2 Å². The second-order valence-electron chi connectivity index (χ2n) is 7.23. The molecule has 1 rings (SSSR count). The lowest BCUT2D eigenvalue weighted by Crippen LogP contribution is -2.32. The van der Waals surface area contributed by atoms with Gasteiger partial charge in [0.2, 0.25) is 0 Å². The Morgan fingerprint density at radius 3 is 2.33 bits per heavy atom. The van der Waals surface area contributed by atoms with E-state index < -0.39 is 14.6 Å². The van der Waals surface area contributed by atoms with Gasteiger partial charge in [0.1, 0.15) is 0 Å². The summed E-state index contributed by atoms with van der Waals surface area (Å²) in [4.78, 5) is 0. The van der Waals surface area contributed by atoms with E-state index in [9.17, 15) is 8.42 Å². The number of aromatic nitrogens is 3. The number of nitrogens with zero attached hydrogens (tertiary/aromatic N) is 3. The standard InChI is InChI=1S/C16H31N3O4S/c1-14(2)12-15-13-19(18-17-15)6-7-22-8-9-23-10-11-24(20,21)16(3,4)5/h13-14H,6-12H2,1-5H3. The van der Waals surface area contributed by atoms with Crippen LogP contribution in [0.3, 0.4) is 0 Å². The Balaban J connectivity index is 2.08. The summed E-state index contributed by atoms with van der Waals surface area (Å²) in [7, 11) is -3.12. The zero-order valence-corrected chi connectivity index (χ0v) is 16.3. The van der Waals surface area contributed by atoms with Gasteiger partial charge in [0.15, 0.2) is 9.84 Å². The van der Waals surface area contributed by atoms with Crippen molar-refractivity contribution in [2.75, 3.05) is 32.2 Å². The van der Waals surface area contributed by atoms with Crippen molar-refractivity contribution in [1.82, 2.24) is 15.0 Å². The first kappa shape index (κ1) is 21.1. The lowest BCUT2D eigenvalue weighted by atomic mass is 10.1. The zero-order valence-electron chi connectivity index (χ0n) is 15.5. The van der Waals surface area contributed by atoms with Gasteiger partial charge < -0.3 is 9.47 Å². The summed E-state index contributed by atoms with van der Waals surface area (Å²) < 4.78 is 35.6. The minimum absolute atomic E-state index is 0.0358. The molecule has 140 valence electrons. The molecule has 0 atom stereocenters. The smallest absolute Gasteiger partial charge is 0.157 e. The molecule has 0 fully saturated rings. The Morgan fingerprint density at radius 2 is 1.75 bits per heavy atom. The molecule has 0 aliphatic heterocycles. The number of hydrogen-bond acceptors (Lipinski definition) is 6. The van der Waals surface area contributed by atoms with E-state index in [1.165, 1.54) is 0 Å². The van der Waals surface area contributed by atoms with Crippen LogP contribution in [0.1, 0.15) is 40.3 Å². The second-order valence-corrected chi connectivity index (χ2v) is 10.1. The molecule has 0 saturated carbocycles. The summed E-state index contributed by atoms with van der Waals surface area (Å²) in [5, 5.41) is 8.17. The summed E-state index contributed by atoms with van der Waals surface area (Å²) in [5.41, 5.74) is 0.994. The summed E-state index contributed by atoms with van der Waals surface area (Å²) >= 11 is 0. The van der Waals surface area contributed by atoms with Gasteiger partial charge >= 0.3 is 0 Å². The van der Waals surface area contributed by atoms with Crippen LogP contribution in [0.5, 0.6) is 0 Å². The molecule has 0 saturated heterocycles. The molecule has 0 aliphatic rings. The number of hydrogen-bond donors (Lipinski definition) is 0. The third kappa shape index (κ3) is 7.72. The van der Waals surface area contributed by atoms with Crippen LogP contribution in [0.2, 0.25) is 0 Å². The first-order chi connectivity index (χ1) is 11.1. The fraction of sp³-hybridized carbons (Fsp3) is 0.875. The molecule has 0 N–H and O–H groups in total. The van der Waals surface area contributed by atoms with Crippen molar-refractivity contribution >= 4 is 9.84 Å². The van der Waals surface area contributed by atoms with E-state index in [4.69, 9.17) is 9.47 Å². The summed E-state index contributed by atoms with van der Waals surface area (Å²) in [6, 6.07) is 0. The highest BCUT2D eigenvalue weighted by Crippen LogP contribution is 2.15. The van der Waals surface area contributed by atoms with E-state index >= 15 is 0 Å². The second kappa shape index (κ2) is 9.48. The molecule has 0 aliphatic carbocycles. The van der Waals surface area contributed by atoms with E-state index in [0.717, 1.165) is 12.1 Å². The Labute approximate surface area is 145 Å². The molecule has 7 nitrogen and oxygen atoms in total. The quantitative estimate of drug-likeness (QED) is 0.558. The van der Waals surface area contributed by atoms with Crippen molar-refractivity contribution in [2.24, 2.45) is 5.92 Å². The fourth-order valence-electron chi connectivity index (χ4n) is 1.91. The van der Waals surface area contributed by atoms with Crippen LogP contribution in [-0.2, 0) is 32.3 Å². The molecule has 0 aromatic carbocycles. The van der Waals surface area contributed by atoms with Gasteiger partial charge in [-0.2, -0.15) is 0 Å². The largest absolute Gasteiger partial charge is 0.378 e. The predicted molar refractivity (Wildman–Crippen MR) is 93.7 cm³/mol. The Bertz CT molecular complexity index is 576. The van der Waals surface area contributed by atoms with E-state index in [1.54, 1.807) is 25.5 Å². The molecule has 1 aromatic heterocycles. The molecule has 1 heterocycles. The van der Waals surface area contributed by atoms with Gasteiger partial charge in [-0.25, -0.2) is 13.1 Å². The molecule has 24 heavy (non-hydrogen) atoms. The molecule has 1 aromatic rings. The monoisotopic (exact) mass is 361 g/mol. The van der Waals surface area contributed by atoms with E-state index in [0.29, 0.717) is 32.3 Å². The molecule has 8 heteroatoms.